The summed E-state index contributed by atoms with van der Waals surface area (Å²) in [6.07, 6.45) is 0.489. The molecule has 8 heteroatoms. The van der Waals surface area contributed by atoms with Crippen molar-refractivity contribution in [1.29, 1.82) is 0 Å². The molecule has 2 N–H and O–H groups in total. The zero-order valence-electron chi connectivity index (χ0n) is 15.0. The van der Waals surface area contributed by atoms with Crippen LogP contribution in [0.15, 0.2) is 46.0 Å². The van der Waals surface area contributed by atoms with E-state index in [2.05, 4.69) is 10.6 Å². The molecular weight excluding hydrogens is 352 g/mol. The Hall–Kier alpha value is -3.29. The van der Waals surface area contributed by atoms with Gasteiger partial charge in [0.1, 0.15) is 12.2 Å². The number of para-hydroxylation sites is 1. The molecule has 142 valence electrons. The third kappa shape index (κ3) is 3.94. The van der Waals surface area contributed by atoms with Gasteiger partial charge in [-0.3, -0.25) is 0 Å². The third-order valence-electron chi connectivity index (χ3n) is 4.12. The van der Waals surface area contributed by atoms with Crippen LogP contribution in [0.2, 0.25) is 0 Å². The van der Waals surface area contributed by atoms with Crippen LogP contribution in [0, 0.1) is 0 Å². The van der Waals surface area contributed by atoms with Gasteiger partial charge in [-0.05, 0) is 25.5 Å². The average Bonchev–Trinajstić information content (AvgIpc) is 3.10. The molecule has 0 bridgehead atoms. The Balaban J connectivity index is 1.80. The summed E-state index contributed by atoms with van der Waals surface area (Å²) >= 11 is 0. The number of fused-ring (bicyclic) bond motifs is 1. The minimum atomic E-state index is -0.692. The second-order valence-electron chi connectivity index (χ2n) is 5.90. The Morgan fingerprint density at radius 1 is 1.15 bits per heavy atom. The summed E-state index contributed by atoms with van der Waals surface area (Å²) in [6.45, 7) is 3.43. The number of rotatable bonds is 6. The Bertz CT molecular complexity index is 881. The summed E-state index contributed by atoms with van der Waals surface area (Å²) in [5.41, 5.74) is 1.02. The van der Waals surface area contributed by atoms with Gasteiger partial charge in [-0.1, -0.05) is 25.1 Å². The number of esters is 2. The molecule has 1 aromatic heterocycles. The lowest BCUT2D eigenvalue weighted by Gasteiger charge is -2.28. The lowest BCUT2D eigenvalue weighted by atomic mass is 10.0. The summed E-state index contributed by atoms with van der Waals surface area (Å²) < 4.78 is 15.8. The standard InChI is InChI=1S/C19H20N2O6/c1-3-12-16(18(23)25-4-2)13(21-19(24)20-12)10-26-17(22)15-9-11-7-5-6-8-14(11)27-15/h5-9,12H,3-4,10H2,1-2H3,(H2,20,21,24)/t12-/m0/s1. The van der Waals surface area contributed by atoms with Crippen molar-refractivity contribution in [3.8, 4) is 0 Å². The van der Waals surface area contributed by atoms with E-state index in [-0.39, 0.29) is 30.2 Å². The number of ether oxygens (including phenoxy) is 2. The number of benzene rings is 1. The zero-order valence-corrected chi connectivity index (χ0v) is 15.0. The number of furan rings is 1. The van der Waals surface area contributed by atoms with Gasteiger partial charge >= 0.3 is 18.0 Å². The van der Waals surface area contributed by atoms with E-state index in [0.717, 1.165) is 5.39 Å². The van der Waals surface area contributed by atoms with Gasteiger partial charge in [0.25, 0.3) is 0 Å². The highest BCUT2D eigenvalue weighted by atomic mass is 16.5. The second kappa shape index (κ2) is 7.94. The van der Waals surface area contributed by atoms with Crippen molar-refractivity contribution in [1.82, 2.24) is 10.6 Å². The van der Waals surface area contributed by atoms with Crippen LogP contribution in [-0.4, -0.2) is 37.2 Å². The van der Waals surface area contributed by atoms with Gasteiger partial charge in [-0.2, -0.15) is 0 Å². The molecule has 2 aromatic rings. The number of hydrogen-bond donors (Lipinski definition) is 2. The van der Waals surface area contributed by atoms with Crippen LogP contribution >= 0.6 is 0 Å². The Morgan fingerprint density at radius 3 is 2.63 bits per heavy atom. The van der Waals surface area contributed by atoms with Gasteiger partial charge in [0.2, 0.25) is 5.76 Å². The number of amides is 2. The Kier molecular flexibility index (Phi) is 5.44. The first-order chi connectivity index (χ1) is 13.0. The molecule has 3 rings (SSSR count). The number of carbonyl (C=O) groups excluding carboxylic acids is 3. The van der Waals surface area contributed by atoms with Crippen LogP contribution in [0.25, 0.3) is 11.0 Å². The fourth-order valence-electron chi connectivity index (χ4n) is 2.87. The maximum atomic E-state index is 12.3. The fraction of sp³-hybridized carbons (Fsp3) is 0.316. The number of carbonyl (C=O) groups is 3. The number of nitrogens with one attached hydrogen (secondary N) is 2. The molecule has 8 nitrogen and oxygen atoms in total. The molecule has 1 aromatic carbocycles. The van der Waals surface area contributed by atoms with E-state index in [4.69, 9.17) is 13.9 Å². The molecule has 0 unspecified atom stereocenters. The van der Waals surface area contributed by atoms with Gasteiger partial charge in [0.05, 0.1) is 23.9 Å². The predicted octanol–water partition coefficient (Wildman–Crippen LogP) is 2.50. The summed E-state index contributed by atoms with van der Waals surface area (Å²) in [7, 11) is 0. The van der Waals surface area contributed by atoms with E-state index in [1.165, 1.54) is 0 Å². The third-order valence-corrected chi connectivity index (χ3v) is 4.12. The van der Waals surface area contributed by atoms with E-state index < -0.39 is 24.0 Å². The number of hydrogen-bond acceptors (Lipinski definition) is 6. The lowest BCUT2D eigenvalue weighted by molar-refractivity contribution is -0.139. The monoisotopic (exact) mass is 372 g/mol. The summed E-state index contributed by atoms with van der Waals surface area (Å²) in [4.78, 5) is 36.4. The van der Waals surface area contributed by atoms with E-state index >= 15 is 0 Å². The van der Waals surface area contributed by atoms with Gasteiger partial charge < -0.3 is 24.5 Å². The molecule has 2 heterocycles. The van der Waals surface area contributed by atoms with Gasteiger partial charge in [-0.15, -0.1) is 0 Å². The molecule has 2 amide bonds. The average molecular weight is 372 g/mol. The quantitative estimate of drug-likeness (QED) is 0.755. The molecule has 0 aliphatic carbocycles. The van der Waals surface area contributed by atoms with Gasteiger partial charge in [0.15, 0.2) is 0 Å². The summed E-state index contributed by atoms with van der Waals surface area (Å²) in [5, 5.41) is 5.95. The lowest BCUT2D eigenvalue weighted by Crippen LogP contribution is -2.51. The molecule has 1 atom stereocenters. The van der Waals surface area contributed by atoms with Gasteiger partial charge in [-0.25, -0.2) is 14.4 Å². The Labute approximate surface area is 155 Å². The predicted molar refractivity (Wildman–Crippen MR) is 95.9 cm³/mol. The van der Waals surface area contributed by atoms with Crippen LogP contribution in [-0.2, 0) is 14.3 Å². The van der Waals surface area contributed by atoms with Crippen LogP contribution in [0.5, 0.6) is 0 Å². The highest BCUT2D eigenvalue weighted by Crippen LogP contribution is 2.21. The zero-order chi connectivity index (χ0) is 19.4. The molecule has 1 aliphatic heterocycles. The molecular formula is C19H20N2O6. The fourth-order valence-corrected chi connectivity index (χ4v) is 2.87. The van der Waals surface area contributed by atoms with Crippen molar-refractivity contribution in [2.45, 2.75) is 26.3 Å². The normalized spacial score (nSPS) is 16.7. The highest BCUT2D eigenvalue weighted by Gasteiger charge is 2.32. The van der Waals surface area contributed by atoms with Crippen LogP contribution < -0.4 is 10.6 Å². The molecule has 0 saturated carbocycles. The SMILES string of the molecule is CCOC(=O)C1=C(COC(=O)c2cc3ccccc3o2)NC(=O)N[C@H]1CC. The van der Waals surface area contributed by atoms with E-state index in [9.17, 15) is 14.4 Å². The second-order valence-corrected chi connectivity index (χ2v) is 5.90. The van der Waals surface area contributed by atoms with Crippen molar-refractivity contribution >= 4 is 28.9 Å². The van der Waals surface area contributed by atoms with Crippen LogP contribution in [0.4, 0.5) is 4.79 Å². The molecule has 0 radical (unpaired) electrons. The maximum absolute atomic E-state index is 12.3. The van der Waals surface area contributed by atoms with Crippen molar-refractivity contribution in [2.24, 2.45) is 0 Å². The molecule has 0 fully saturated rings. The number of urea groups is 1. The van der Waals surface area contributed by atoms with Crippen molar-refractivity contribution in [3.63, 3.8) is 0 Å². The van der Waals surface area contributed by atoms with Gasteiger partial charge in [0, 0.05) is 5.39 Å². The molecule has 0 spiro atoms. The summed E-state index contributed by atoms with van der Waals surface area (Å²) in [6, 6.07) is 7.78. The minimum Gasteiger partial charge on any atom is -0.463 e. The molecule has 1 aliphatic rings. The van der Waals surface area contributed by atoms with E-state index in [1.807, 2.05) is 19.1 Å². The van der Waals surface area contributed by atoms with Crippen LogP contribution in [0.3, 0.4) is 0 Å². The maximum Gasteiger partial charge on any atom is 0.374 e. The van der Waals surface area contributed by atoms with Crippen LogP contribution in [0.1, 0.15) is 30.8 Å². The smallest absolute Gasteiger partial charge is 0.374 e. The first kappa shape index (κ1) is 18.5. The van der Waals surface area contributed by atoms with Crippen molar-refractivity contribution in [3.05, 3.63) is 47.4 Å². The van der Waals surface area contributed by atoms with Crippen molar-refractivity contribution in [2.75, 3.05) is 13.2 Å². The Morgan fingerprint density at radius 2 is 1.93 bits per heavy atom. The molecule has 0 saturated heterocycles. The largest absolute Gasteiger partial charge is 0.463 e. The van der Waals surface area contributed by atoms with E-state index in [1.54, 1.807) is 25.1 Å². The highest BCUT2D eigenvalue weighted by molar-refractivity contribution is 5.95. The minimum absolute atomic E-state index is 0.0433. The summed E-state index contributed by atoms with van der Waals surface area (Å²) in [5.74, 6) is -1.21. The first-order valence-corrected chi connectivity index (χ1v) is 8.66. The first-order valence-electron chi connectivity index (χ1n) is 8.66. The van der Waals surface area contributed by atoms with E-state index in [0.29, 0.717) is 12.0 Å². The van der Waals surface area contributed by atoms with Crippen molar-refractivity contribution < 1.29 is 28.3 Å². The molecule has 27 heavy (non-hydrogen) atoms. The topological polar surface area (TPSA) is 107 Å².